The molecule has 2 aromatic carbocycles. The van der Waals surface area contributed by atoms with E-state index < -0.39 is 0 Å². The summed E-state index contributed by atoms with van der Waals surface area (Å²) in [5.74, 6) is 0.433. The largest absolute Gasteiger partial charge is 0.381 e. The summed E-state index contributed by atoms with van der Waals surface area (Å²) in [6.45, 7) is 3.48. The average molecular weight is 412 g/mol. The summed E-state index contributed by atoms with van der Waals surface area (Å²) in [6, 6.07) is 17.0. The highest BCUT2D eigenvalue weighted by atomic mass is 16.5. The molecule has 0 spiro atoms. The van der Waals surface area contributed by atoms with Crippen LogP contribution in [0.4, 0.5) is 0 Å². The second-order valence-corrected chi connectivity index (χ2v) is 8.11. The number of imidazole rings is 1. The fourth-order valence-electron chi connectivity index (χ4n) is 4.78. The van der Waals surface area contributed by atoms with Crippen molar-refractivity contribution in [3.8, 4) is 17.3 Å². The molecule has 5 rings (SSSR count). The third-order valence-electron chi connectivity index (χ3n) is 6.22. The van der Waals surface area contributed by atoms with Crippen LogP contribution in [0.3, 0.4) is 0 Å². The summed E-state index contributed by atoms with van der Waals surface area (Å²) >= 11 is 0. The molecule has 1 atom stereocenters. The number of benzene rings is 2. The van der Waals surface area contributed by atoms with Gasteiger partial charge in [0.1, 0.15) is 11.6 Å². The van der Waals surface area contributed by atoms with E-state index in [0.29, 0.717) is 11.5 Å². The first-order valence-electron chi connectivity index (χ1n) is 10.6. The number of rotatable bonds is 4. The molecular weight excluding hydrogens is 388 g/mol. The highest BCUT2D eigenvalue weighted by Crippen LogP contribution is 2.37. The van der Waals surface area contributed by atoms with Gasteiger partial charge in [0.25, 0.3) is 0 Å². The van der Waals surface area contributed by atoms with Crippen LogP contribution in [0, 0.1) is 24.2 Å². The Kier molecular flexibility index (Phi) is 5.00. The van der Waals surface area contributed by atoms with Crippen molar-refractivity contribution in [2.24, 2.45) is 13.0 Å². The Morgan fingerprint density at radius 1 is 1.16 bits per heavy atom. The molecule has 1 unspecified atom stereocenters. The second kappa shape index (κ2) is 7.97. The first-order chi connectivity index (χ1) is 15.2. The van der Waals surface area contributed by atoms with Gasteiger partial charge >= 0.3 is 0 Å². The Morgan fingerprint density at radius 2 is 1.94 bits per heavy atom. The van der Waals surface area contributed by atoms with E-state index in [1.807, 2.05) is 32.4 Å². The molecule has 3 heterocycles. The summed E-state index contributed by atoms with van der Waals surface area (Å²) < 4.78 is 9.63. The fraction of sp³-hybridized carbons (Fsp3) is 0.333. The molecule has 1 aliphatic heterocycles. The van der Waals surface area contributed by atoms with Crippen molar-refractivity contribution in [2.75, 3.05) is 13.2 Å². The van der Waals surface area contributed by atoms with E-state index in [9.17, 15) is 5.26 Å². The van der Waals surface area contributed by atoms with Gasteiger partial charge in [0.2, 0.25) is 0 Å². The van der Waals surface area contributed by atoms with Crippen LogP contribution in [0.15, 0.2) is 48.8 Å². The molecule has 1 saturated heterocycles. The summed E-state index contributed by atoms with van der Waals surface area (Å²) in [7, 11) is 1.87. The quantitative estimate of drug-likeness (QED) is 0.505. The minimum atomic E-state index is 0.127. The minimum absolute atomic E-state index is 0.127. The lowest BCUT2D eigenvalue weighted by atomic mass is 9.86. The predicted molar refractivity (Wildman–Crippen MR) is 117 cm³/mol. The molecule has 2 aromatic heterocycles. The standard InChI is InChI=1S/C24H24N6O/c1-16-23(29(2)28-27-16)19-12-20(14-25)22-21(13-19)30(15-26-22)24(17-6-4-3-5-7-17)18-8-10-31-11-9-18/h3-7,12-13,15,18,24H,8-11H2,1-2H3. The monoisotopic (exact) mass is 412 g/mol. The van der Waals surface area contributed by atoms with E-state index >= 15 is 0 Å². The SMILES string of the molecule is Cc1nnn(C)c1-c1cc(C#N)c2ncn(C(c3ccccc3)C3CCOCC3)c2c1. The van der Waals surface area contributed by atoms with Crippen LogP contribution >= 0.6 is 0 Å². The molecule has 7 nitrogen and oxygen atoms in total. The lowest BCUT2D eigenvalue weighted by Gasteiger charge is -2.32. The maximum atomic E-state index is 9.86. The van der Waals surface area contributed by atoms with Crippen molar-refractivity contribution in [3.63, 3.8) is 0 Å². The highest BCUT2D eigenvalue weighted by Gasteiger charge is 2.29. The number of nitriles is 1. The minimum Gasteiger partial charge on any atom is -0.381 e. The molecule has 0 saturated carbocycles. The van der Waals surface area contributed by atoms with Gasteiger partial charge < -0.3 is 9.30 Å². The maximum absolute atomic E-state index is 9.86. The van der Waals surface area contributed by atoms with Gasteiger partial charge in [0.05, 0.1) is 34.8 Å². The lowest BCUT2D eigenvalue weighted by Crippen LogP contribution is -2.26. The van der Waals surface area contributed by atoms with Crippen molar-refractivity contribution in [2.45, 2.75) is 25.8 Å². The van der Waals surface area contributed by atoms with Crippen LogP contribution in [0.1, 0.15) is 35.7 Å². The maximum Gasteiger partial charge on any atom is 0.106 e. The zero-order valence-corrected chi connectivity index (χ0v) is 17.7. The number of ether oxygens (including phenoxy) is 1. The van der Waals surface area contributed by atoms with Crippen LogP contribution in [-0.2, 0) is 11.8 Å². The zero-order chi connectivity index (χ0) is 21.4. The van der Waals surface area contributed by atoms with Gasteiger partial charge in [-0.1, -0.05) is 35.5 Å². The molecule has 0 N–H and O–H groups in total. The molecule has 156 valence electrons. The fourth-order valence-corrected chi connectivity index (χ4v) is 4.78. The van der Waals surface area contributed by atoms with Gasteiger partial charge in [-0.2, -0.15) is 5.26 Å². The van der Waals surface area contributed by atoms with E-state index in [-0.39, 0.29) is 6.04 Å². The Hall–Kier alpha value is -3.50. The summed E-state index contributed by atoms with van der Waals surface area (Å²) in [5, 5.41) is 18.2. The lowest BCUT2D eigenvalue weighted by molar-refractivity contribution is 0.0547. The third-order valence-corrected chi connectivity index (χ3v) is 6.22. The Morgan fingerprint density at radius 3 is 2.61 bits per heavy atom. The number of fused-ring (bicyclic) bond motifs is 1. The van der Waals surface area contributed by atoms with Crippen molar-refractivity contribution >= 4 is 11.0 Å². The van der Waals surface area contributed by atoms with Crippen molar-refractivity contribution in [1.82, 2.24) is 24.5 Å². The highest BCUT2D eigenvalue weighted by molar-refractivity contribution is 5.87. The topological polar surface area (TPSA) is 81.5 Å². The Bertz CT molecular complexity index is 1240. The molecule has 1 fully saturated rings. The summed E-state index contributed by atoms with van der Waals surface area (Å²) in [4.78, 5) is 4.67. The Balaban J connectivity index is 1.73. The second-order valence-electron chi connectivity index (χ2n) is 8.11. The van der Waals surface area contributed by atoms with E-state index in [1.54, 1.807) is 4.68 Å². The first-order valence-corrected chi connectivity index (χ1v) is 10.6. The van der Waals surface area contributed by atoms with Crippen LogP contribution in [0.2, 0.25) is 0 Å². The van der Waals surface area contributed by atoms with Crippen molar-refractivity contribution in [1.29, 1.82) is 5.26 Å². The average Bonchev–Trinajstić information content (AvgIpc) is 3.37. The summed E-state index contributed by atoms with van der Waals surface area (Å²) in [5.41, 5.74) is 6.16. The van der Waals surface area contributed by atoms with Gasteiger partial charge in [-0.3, -0.25) is 0 Å². The van der Waals surface area contributed by atoms with Gasteiger partial charge in [0, 0.05) is 25.8 Å². The number of nitrogens with zero attached hydrogens (tertiary/aromatic N) is 6. The first kappa shape index (κ1) is 19.5. The predicted octanol–water partition coefficient (Wildman–Crippen LogP) is 4.03. The van der Waals surface area contributed by atoms with Crippen LogP contribution in [0.25, 0.3) is 22.3 Å². The molecule has 7 heteroatoms. The smallest absolute Gasteiger partial charge is 0.106 e. The van der Waals surface area contributed by atoms with E-state index in [4.69, 9.17) is 4.74 Å². The molecule has 0 radical (unpaired) electrons. The zero-order valence-electron chi connectivity index (χ0n) is 17.7. The van der Waals surface area contributed by atoms with Crippen LogP contribution in [0.5, 0.6) is 0 Å². The van der Waals surface area contributed by atoms with Crippen LogP contribution < -0.4 is 0 Å². The van der Waals surface area contributed by atoms with Gasteiger partial charge in [0.15, 0.2) is 0 Å². The third kappa shape index (κ3) is 3.39. The van der Waals surface area contributed by atoms with Crippen molar-refractivity contribution in [3.05, 3.63) is 65.6 Å². The Labute approximate surface area is 180 Å². The van der Waals surface area contributed by atoms with Gasteiger partial charge in [-0.05, 0) is 43.4 Å². The number of hydrogen-bond acceptors (Lipinski definition) is 5. The van der Waals surface area contributed by atoms with Gasteiger partial charge in [-0.25, -0.2) is 9.67 Å². The molecule has 0 amide bonds. The van der Waals surface area contributed by atoms with E-state index in [2.05, 4.69) is 56.3 Å². The number of hydrogen-bond donors (Lipinski definition) is 0. The van der Waals surface area contributed by atoms with Crippen LogP contribution in [-0.4, -0.2) is 37.8 Å². The van der Waals surface area contributed by atoms with Crippen molar-refractivity contribution < 1.29 is 4.74 Å². The number of aryl methyl sites for hydroxylation is 2. The molecule has 31 heavy (non-hydrogen) atoms. The molecule has 1 aliphatic rings. The molecule has 4 aromatic rings. The summed E-state index contributed by atoms with van der Waals surface area (Å²) in [6.07, 6.45) is 3.88. The molecular formula is C24H24N6O. The van der Waals surface area contributed by atoms with E-state index in [1.165, 1.54) is 5.56 Å². The number of aromatic nitrogens is 5. The normalized spacial score (nSPS) is 15.8. The molecule has 0 bridgehead atoms. The van der Waals surface area contributed by atoms with Gasteiger partial charge in [-0.15, -0.1) is 5.10 Å². The molecule has 0 aliphatic carbocycles. The van der Waals surface area contributed by atoms with E-state index in [0.717, 1.165) is 54.0 Å².